The van der Waals surface area contributed by atoms with E-state index in [1.54, 1.807) is 49.6 Å². The molecule has 2 amide bonds. The molecule has 2 aliphatic heterocycles. The highest BCUT2D eigenvalue weighted by Gasteiger charge is 2.60. The highest BCUT2D eigenvalue weighted by Crippen LogP contribution is 2.49. The third kappa shape index (κ3) is 3.09. The third-order valence-corrected chi connectivity index (χ3v) is 5.90. The number of amides is 2. The Morgan fingerprint density at radius 3 is 2.06 bits per heavy atom. The monoisotopic (exact) mass is 430 g/mol. The molecule has 0 radical (unpaired) electrons. The highest BCUT2D eigenvalue weighted by atomic mass is 16.7. The van der Waals surface area contributed by atoms with Crippen LogP contribution >= 0.6 is 0 Å². The van der Waals surface area contributed by atoms with Crippen molar-refractivity contribution in [2.24, 2.45) is 5.92 Å². The number of hydroxylamine groups is 1. The zero-order chi connectivity index (χ0) is 22.2. The normalized spacial score (nSPS) is 22.2. The number of fused-ring (bicyclic) bond motifs is 1. The fourth-order valence-electron chi connectivity index (χ4n) is 4.42. The number of rotatable bonds is 5. The van der Waals surface area contributed by atoms with Crippen LogP contribution in [0.5, 0.6) is 11.5 Å². The Balaban J connectivity index is 1.63. The van der Waals surface area contributed by atoms with Crippen molar-refractivity contribution in [2.75, 3.05) is 24.2 Å². The van der Waals surface area contributed by atoms with Crippen molar-refractivity contribution in [3.05, 3.63) is 84.4 Å². The average molecular weight is 430 g/mol. The second-order valence-corrected chi connectivity index (χ2v) is 7.61. The van der Waals surface area contributed by atoms with Crippen molar-refractivity contribution < 1.29 is 23.9 Å². The number of carbonyl (C=O) groups is 2. The number of benzene rings is 3. The van der Waals surface area contributed by atoms with E-state index < -0.39 is 18.1 Å². The van der Waals surface area contributed by atoms with Crippen LogP contribution in [0.3, 0.4) is 0 Å². The zero-order valence-electron chi connectivity index (χ0n) is 17.7. The molecule has 2 heterocycles. The molecule has 2 saturated heterocycles. The standard InChI is InChI=1S/C25H22N2O5/c1-30-18-13-14-19(20(15-18)31-2)22-21-23(32-27(22)17-11-7-4-8-12-17)25(29)26(24(21)28)16-9-5-3-6-10-16/h3-15,21-23H,1-2H3/t21-,22+,23-/m0/s1. The first-order chi connectivity index (χ1) is 15.6. The van der Waals surface area contributed by atoms with Crippen molar-refractivity contribution in [3.63, 3.8) is 0 Å². The SMILES string of the molecule is COc1ccc([C@@H]2[C@@H]3C(=O)N(c4ccccc4)C(=O)[C@H]3ON2c2ccccc2)c(OC)c1. The van der Waals surface area contributed by atoms with E-state index >= 15 is 0 Å². The van der Waals surface area contributed by atoms with E-state index in [0.29, 0.717) is 17.2 Å². The van der Waals surface area contributed by atoms with E-state index in [9.17, 15) is 9.59 Å². The average Bonchev–Trinajstić information content (AvgIpc) is 3.35. The Bertz CT molecular complexity index is 1150. The molecule has 5 rings (SSSR count). The maximum Gasteiger partial charge on any atom is 0.266 e. The van der Waals surface area contributed by atoms with Gasteiger partial charge in [-0.15, -0.1) is 0 Å². The predicted molar refractivity (Wildman–Crippen MR) is 119 cm³/mol. The van der Waals surface area contributed by atoms with E-state index in [4.69, 9.17) is 14.3 Å². The van der Waals surface area contributed by atoms with Gasteiger partial charge in [-0.05, 0) is 36.4 Å². The molecule has 0 N–H and O–H groups in total. The predicted octanol–water partition coefficient (Wildman–Crippen LogP) is 3.75. The number of carbonyl (C=O) groups excluding carboxylic acids is 2. The molecule has 0 spiro atoms. The Morgan fingerprint density at radius 2 is 1.44 bits per heavy atom. The second-order valence-electron chi connectivity index (χ2n) is 7.61. The van der Waals surface area contributed by atoms with Crippen LogP contribution in [-0.2, 0) is 14.4 Å². The number of imide groups is 1. The molecular formula is C25H22N2O5. The first-order valence-corrected chi connectivity index (χ1v) is 10.3. The number of hydrogen-bond acceptors (Lipinski definition) is 6. The molecule has 3 aromatic rings. The van der Waals surface area contributed by atoms with Gasteiger partial charge in [-0.2, -0.15) is 0 Å². The van der Waals surface area contributed by atoms with Crippen LogP contribution in [0.25, 0.3) is 0 Å². The van der Waals surface area contributed by atoms with E-state index in [2.05, 4.69) is 0 Å². The lowest BCUT2D eigenvalue weighted by molar-refractivity contribution is -0.126. The van der Waals surface area contributed by atoms with Gasteiger partial charge in [0.2, 0.25) is 5.91 Å². The lowest BCUT2D eigenvalue weighted by atomic mass is 9.90. The highest BCUT2D eigenvalue weighted by molar-refractivity contribution is 6.23. The fraction of sp³-hybridized carbons (Fsp3) is 0.200. The minimum atomic E-state index is -0.931. The minimum absolute atomic E-state index is 0.299. The molecule has 32 heavy (non-hydrogen) atoms. The maximum absolute atomic E-state index is 13.6. The molecule has 2 fully saturated rings. The van der Waals surface area contributed by atoms with Crippen LogP contribution in [0.15, 0.2) is 78.9 Å². The molecule has 0 aliphatic carbocycles. The van der Waals surface area contributed by atoms with Crippen molar-refractivity contribution in [2.45, 2.75) is 12.1 Å². The summed E-state index contributed by atoms with van der Waals surface area (Å²) >= 11 is 0. The molecule has 0 unspecified atom stereocenters. The third-order valence-electron chi connectivity index (χ3n) is 5.90. The number of hydrogen-bond donors (Lipinski definition) is 0. The van der Waals surface area contributed by atoms with Crippen LogP contribution in [0.1, 0.15) is 11.6 Å². The molecule has 2 aliphatic rings. The van der Waals surface area contributed by atoms with Crippen LogP contribution in [0.2, 0.25) is 0 Å². The van der Waals surface area contributed by atoms with Gasteiger partial charge >= 0.3 is 0 Å². The number of para-hydroxylation sites is 2. The molecule has 7 heteroatoms. The Morgan fingerprint density at radius 1 is 0.781 bits per heavy atom. The maximum atomic E-state index is 13.6. The molecule has 7 nitrogen and oxygen atoms in total. The van der Waals surface area contributed by atoms with E-state index in [-0.39, 0.29) is 11.8 Å². The summed E-state index contributed by atoms with van der Waals surface area (Å²) in [6.07, 6.45) is -0.931. The van der Waals surface area contributed by atoms with Gasteiger partial charge in [-0.3, -0.25) is 14.4 Å². The van der Waals surface area contributed by atoms with Gasteiger partial charge in [0.1, 0.15) is 17.4 Å². The molecule has 3 aromatic carbocycles. The summed E-state index contributed by atoms with van der Waals surface area (Å²) in [6, 6.07) is 23.2. The fourth-order valence-corrected chi connectivity index (χ4v) is 4.42. The van der Waals surface area contributed by atoms with Gasteiger partial charge in [-0.25, -0.2) is 9.96 Å². The molecule has 0 bridgehead atoms. The molecule has 3 atom stereocenters. The number of ether oxygens (including phenoxy) is 2. The zero-order valence-corrected chi connectivity index (χ0v) is 17.7. The topological polar surface area (TPSA) is 68.3 Å². The smallest absolute Gasteiger partial charge is 0.266 e. The Kier molecular flexibility index (Phi) is 5.03. The van der Waals surface area contributed by atoms with Crippen molar-refractivity contribution in [1.82, 2.24) is 0 Å². The van der Waals surface area contributed by atoms with Gasteiger partial charge < -0.3 is 9.47 Å². The van der Waals surface area contributed by atoms with Gasteiger partial charge in [0.25, 0.3) is 5.91 Å². The number of anilines is 2. The van der Waals surface area contributed by atoms with Gasteiger partial charge in [-0.1, -0.05) is 36.4 Å². The Labute approximate surface area is 185 Å². The molecular weight excluding hydrogens is 408 g/mol. The summed E-state index contributed by atoms with van der Waals surface area (Å²) in [5.74, 6) is -0.218. The summed E-state index contributed by atoms with van der Waals surface area (Å²) in [6.45, 7) is 0. The lowest BCUT2D eigenvalue weighted by Crippen LogP contribution is -2.37. The molecule has 0 aromatic heterocycles. The van der Waals surface area contributed by atoms with Crippen LogP contribution < -0.4 is 19.4 Å². The summed E-state index contributed by atoms with van der Waals surface area (Å²) in [5.41, 5.74) is 2.02. The van der Waals surface area contributed by atoms with Crippen molar-refractivity contribution in [1.29, 1.82) is 0 Å². The summed E-state index contributed by atoms with van der Waals surface area (Å²) in [4.78, 5) is 34.3. The first-order valence-electron chi connectivity index (χ1n) is 10.3. The van der Waals surface area contributed by atoms with Crippen LogP contribution in [0, 0.1) is 5.92 Å². The lowest BCUT2D eigenvalue weighted by Gasteiger charge is -2.29. The van der Waals surface area contributed by atoms with Crippen molar-refractivity contribution >= 4 is 23.2 Å². The molecule has 162 valence electrons. The summed E-state index contributed by atoms with van der Waals surface area (Å²) in [7, 11) is 3.15. The number of nitrogens with zero attached hydrogens (tertiary/aromatic N) is 2. The van der Waals surface area contributed by atoms with Gasteiger partial charge in [0, 0.05) is 11.6 Å². The largest absolute Gasteiger partial charge is 0.497 e. The van der Waals surface area contributed by atoms with Crippen LogP contribution in [-0.4, -0.2) is 32.1 Å². The summed E-state index contributed by atoms with van der Waals surface area (Å²) in [5, 5.41) is 1.65. The van der Waals surface area contributed by atoms with Gasteiger partial charge in [0.05, 0.1) is 31.6 Å². The molecule has 0 saturated carbocycles. The summed E-state index contributed by atoms with van der Waals surface area (Å²) < 4.78 is 11.0. The van der Waals surface area contributed by atoms with E-state index in [1.807, 2.05) is 48.5 Å². The Hall–Kier alpha value is -3.84. The number of methoxy groups -OCH3 is 2. The van der Waals surface area contributed by atoms with E-state index in [1.165, 1.54) is 4.90 Å². The van der Waals surface area contributed by atoms with Crippen molar-refractivity contribution in [3.8, 4) is 11.5 Å². The second kappa shape index (κ2) is 8.01. The first kappa shape index (κ1) is 20.1. The van der Waals surface area contributed by atoms with E-state index in [0.717, 1.165) is 11.3 Å². The van der Waals surface area contributed by atoms with Crippen LogP contribution in [0.4, 0.5) is 11.4 Å². The minimum Gasteiger partial charge on any atom is -0.497 e. The quantitative estimate of drug-likeness (QED) is 0.575. The van der Waals surface area contributed by atoms with Gasteiger partial charge in [0.15, 0.2) is 6.10 Å².